The molecule has 0 saturated heterocycles. The van der Waals surface area contributed by atoms with Crippen molar-refractivity contribution in [2.45, 2.75) is 38.9 Å². The summed E-state index contributed by atoms with van der Waals surface area (Å²) >= 11 is 0. The van der Waals surface area contributed by atoms with Gasteiger partial charge in [0.2, 0.25) is 0 Å². The van der Waals surface area contributed by atoms with Gasteiger partial charge in [0.1, 0.15) is 0 Å². The molecule has 0 saturated carbocycles. The molecule has 1 amide bonds. The smallest absolute Gasteiger partial charge is 0.251 e. The Balaban J connectivity index is 1.39. The van der Waals surface area contributed by atoms with Crippen LogP contribution in [0.25, 0.3) is 0 Å². The van der Waals surface area contributed by atoms with Crippen molar-refractivity contribution in [2.75, 3.05) is 20.8 Å². The quantitative estimate of drug-likeness (QED) is 0.523. The number of hydrogen-bond acceptors (Lipinski definition) is 4. The Morgan fingerprint density at radius 3 is 2.39 bits per heavy atom. The SMILES string of the molecule is CC[C@@H](NC(=O)c1ccc(CN2CCc3ccccc3C2)cc1)c1ccc(OC)c(OC)c1. The average molecular weight is 445 g/mol. The van der Waals surface area contributed by atoms with Crippen LogP contribution in [-0.2, 0) is 19.5 Å². The molecule has 33 heavy (non-hydrogen) atoms. The fourth-order valence-electron chi connectivity index (χ4n) is 4.44. The third-order valence-electron chi connectivity index (χ3n) is 6.36. The molecule has 4 rings (SSSR count). The molecule has 1 atom stereocenters. The van der Waals surface area contributed by atoms with Crippen LogP contribution in [0.5, 0.6) is 11.5 Å². The number of ether oxygens (including phenoxy) is 2. The van der Waals surface area contributed by atoms with Crippen molar-refractivity contribution in [3.8, 4) is 11.5 Å². The Bertz CT molecular complexity index is 1090. The number of methoxy groups -OCH3 is 2. The van der Waals surface area contributed by atoms with E-state index in [-0.39, 0.29) is 11.9 Å². The van der Waals surface area contributed by atoms with E-state index in [0.717, 1.165) is 38.0 Å². The summed E-state index contributed by atoms with van der Waals surface area (Å²) < 4.78 is 10.7. The Labute approximate surface area is 196 Å². The van der Waals surface area contributed by atoms with Crippen LogP contribution in [0.15, 0.2) is 66.7 Å². The minimum Gasteiger partial charge on any atom is -0.493 e. The van der Waals surface area contributed by atoms with Crippen molar-refractivity contribution >= 4 is 5.91 Å². The monoisotopic (exact) mass is 444 g/mol. The first-order chi connectivity index (χ1) is 16.1. The van der Waals surface area contributed by atoms with Crippen LogP contribution < -0.4 is 14.8 Å². The normalized spacial score (nSPS) is 14.3. The number of amides is 1. The highest BCUT2D eigenvalue weighted by Gasteiger charge is 2.18. The molecule has 3 aromatic rings. The topological polar surface area (TPSA) is 50.8 Å². The molecule has 1 N–H and O–H groups in total. The van der Waals surface area contributed by atoms with Crippen molar-refractivity contribution in [2.24, 2.45) is 0 Å². The lowest BCUT2D eigenvalue weighted by Gasteiger charge is -2.28. The molecule has 0 unspecified atom stereocenters. The number of nitrogens with zero attached hydrogens (tertiary/aromatic N) is 1. The highest BCUT2D eigenvalue weighted by atomic mass is 16.5. The first-order valence-corrected chi connectivity index (χ1v) is 11.5. The van der Waals surface area contributed by atoms with E-state index < -0.39 is 0 Å². The zero-order chi connectivity index (χ0) is 23.2. The van der Waals surface area contributed by atoms with Crippen LogP contribution in [0, 0.1) is 0 Å². The fraction of sp³-hybridized carbons (Fsp3) is 0.321. The summed E-state index contributed by atoms with van der Waals surface area (Å²) in [5, 5.41) is 3.15. The van der Waals surface area contributed by atoms with E-state index in [1.165, 1.54) is 16.7 Å². The molecule has 1 aliphatic heterocycles. The van der Waals surface area contributed by atoms with Gasteiger partial charge in [-0.3, -0.25) is 9.69 Å². The summed E-state index contributed by atoms with van der Waals surface area (Å²) in [5.41, 5.74) is 5.76. The zero-order valence-electron chi connectivity index (χ0n) is 19.6. The van der Waals surface area contributed by atoms with E-state index in [2.05, 4.69) is 53.5 Å². The molecule has 1 aliphatic rings. The van der Waals surface area contributed by atoms with Crippen LogP contribution in [0.4, 0.5) is 0 Å². The molecule has 0 radical (unpaired) electrons. The molecular weight excluding hydrogens is 412 g/mol. The van der Waals surface area contributed by atoms with Crippen molar-refractivity contribution in [1.82, 2.24) is 10.2 Å². The van der Waals surface area contributed by atoms with Gasteiger partial charge < -0.3 is 14.8 Å². The lowest BCUT2D eigenvalue weighted by Crippen LogP contribution is -2.30. The highest BCUT2D eigenvalue weighted by Crippen LogP contribution is 2.31. The van der Waals surface area contributed by atoms with Crippen molar-refractivity contribution < 1.29 is 14.3 Å². The zero-order valence-corrected chi connectivity index (χ0v) is 19.6. The van der Waals surface area contributed by atoms with E-state index in [0.29, 0.717) is 17.1 Å². The van der Waals surface area contributed by atoms with Gasteiger partial charge in [0, 0.05) is 25.2 Å². The van der Waals surface area contributed by atoms with E-state index in [1.807, 2.05) is 30.3 Å². The predicted molar refractivity (Wildman–Crippen MR) is 131 cm³/mol. The summed E-state index contributed by atoms with van der Waals surface area (Å²) in [4.78, 5) is 15.4. The first kappa shape index (κ1) is 22.9. The summed E-state index contributed by atoms with van der Waals surface area (Å²) in [6.07, 6.45) is 1.86. The Morgan fingerprint density at radius 1 is 0.970 bits per heavy atom. The number of benzene rings is 3. The number of nitrogens with one attached hydrogen (secondary N) is 1. The number of hydrogen-bond donors (Lipinski definition) is 1. The maximum atomic E-state index is 12.9. The van der Waals surface area contributed by atoms with Gasteiger partial charge in [-0.05, 0) is 59.4 Å². The Kier molecular flexibility index (Phi) is 7.30. The van der Waals surface area contributed by atoms with Crippen LogP contribution in [-0.4, -0.2) is 31.6 Å². The molecule has 0 bridgehead atoms. The maximum Gasteiger partial charge on any atom is 0.251 e. The summed E-state index contributed by atoms with van der Waals surface area (Å²) in [6, 6.07) is 22.3. The van der Waals surface area contributed by atoms with Gasteiger partial charge in [-0.2, -0.15) is 0 Å². The van der Waals surface area contributed by atoms with Crippen molar-refractivity contribution in [3.63, 3.8) is 0 Å². The highest BCUT2D eigenvalue weighted by molar-refractivity contribution is 5.94. The largest absolute Gasteiger partial charge is 0.493 e. The molecule has 1 heterocycles. The molecule has 5 nitrogen and oxygen atoms in total. The molecular formula is C28H32N2O3. The second kappa shape index (κ2) is 10.5. The molecule has 0 spiro atoms. The average Bonchev–Trinajstić information content (AvgIpc) is 2.87. The second-order valence-electron chi connectivity index (χ2n) is 8.48. The molecule has 0 aromatic heterocycles. The van der Waals surface area contributed by atoms with Gasteiger partial charge in [0.25, 0.3) is 5.91 Å². The second-order valence-corrected chi connectivity index (χ2v) is 8.48. The van der Waals surface area contributed by atoms with Crippen LogP contribution in [0.3, 0.4) is 0 Å². The Hall–Kier alpha value is -3.31. The molecule has 3 aromatic carbocycles. The third-order valence-corrected chi connectivity index (χ3v) is 6.36. The number of carbonyl (C=O) groups excluding carboxylic acids is 1. The van der Waals surface area contributed by atoms with Gasteiger partial charge in [-0.15, -0.1) is 0 Å². The van der Waals surface area contributed by atoms with Gasteiger partial charge in [0.15, 0.2) is 11.5 Å². The van der Waals surface area contributed by atoms with Crippen molar-refractivity contribution in [1.29, 1.82) is 0 Å². The van der Waals surface area contributed by atoms with Crippen LogP contribution in [0.2, 0.25) is 0 Å². The summed E-state index contributed by atoms with van der Waals surface area (Å²) in [7, 11) is 3.23. The lowest BCUT2D eigenvalue weighted by molar-refractivity contribution is 0.0935. The lowest BCUT2D eigenvalue weighted by atomic mass is 9.99. The van der Waals surface area contributed by atoms with Gasteiger partial charge >= 0.3 is 0 Å². The number of carbonyl (C=O) groups is 1. The standard InChI is InChI=1S/C28H32N2O3/c1-4-25(23-13-14-26(32-2)27(17-23)33-3)29-28(31)22-11-9-20(10-12-22)18-30-16-15-21-7-5-6-8-24(21)19-30/h5-14,17,25H,4,15-16,18-19H2,1-3H3,(H,29,31)/t25-/m1/s1. The van der Waals surface area contributed by atoms with E-state index >= 15 is 0 Å². The fourth-order valence-corrected chi connectivity index (χ4v) is 4.44. The minimum absolute atomic E-state index is 0.0740. The van der Waals surface area contributed by atoms with Crippen LogP contribution in [0.1, 0.15) is 52.0 Å². The molecule has 0 aliphatic carbocycles. The molecule has 172 valence electrons. The maximum absolute atomic E-state index is 12.9. The summed E-state index contributed by atoms with van der Waals surface area (Å²) in [5.74, 6) is 1.26. The third kappa shape index (κ3) is 5.37. The molecule has 5 heteroatoms. The first-order valence-electron chi connectivity index (χ1n) is 11.5. The van der Waals surface area contributed by atoms with E-state index in [1.54, 1.807) is 14.2 Å². The van der Waals surface area contributed by atoms with Crippen molar-refractivity contribution in [3.05, 3.63) is 94.5 Å². The minimum atomic E-state index is -0.106. The van der Waals surface area contributed by atoms with E-state index in [4.69, 9.17) is 9.47 Å². The number of fused-ring (bicyclic) bond motifs is 1. The molecule has 0 fully saturated rings. The predicted octanol–water partition coefficient (Wildman–Crippen LogP) is 5.14. The van der Waals surface area contributed by atoms with Crippen LogP contribution >= 0.6 is 0 Å². The van der Waals surface area contributed by atoms with Gasteiger partial charge in [-0.1, -0.05) is 49.4 Å². The van der Waals surface area contributed by atoms with Gasteiger partial charge in [-0.25, -0.2) is 0 Å². The number of rotatable bonds is 8. The summed E-state index contributed by atoms with van der Waals surface area (Å²) in [6.45, 7) is 4.98. The van der Waals surface area contributed by atoms with Gasteiger partial charge in [0.05, 0.1) is 20.3 Å². The van der Waals surface area contributed by atoms with E-state index in [9.17, 15) is 4.79 Å². The Morgan fingerprint density at radius 2 is 1.70 bits per heavy atom.